The van der Waals surface area contributed by atoms with Gasteiger partial charge in [-0.3, -0.25) is 9.69 Å². The van der Waals surface area contributed by atoms with Gasteiger partial charge in [-0.05, 0) is 42.0 Å². The van der Waals surface area contributed by atoms with Gasteiger partial charge in [0.15, 0.2) is 23.1 Å². The molecule has 1 N–H and O–H groups in total. The lowest BCUT2D eigenvalue weighted by Gasteiger charge is -2.35. The van der Waals surface area contributed by atoms with E-state index in [1.807, 2.05) is 30.3 Å². The summed E-state index contributed by atoms with van der Waals surface area (Å²) in [4.78, 5) is 19.3. The van der Waals surface area contributed by atoms with Gasteiger partial charge in [0.25, 0.3) is 0 Å². The van der Waals surface area contributed by atoms with Gasteiger partial charge in [0, 0.05) is 43.1 Å². The number of nitrogens with zero attached hydrogens (tertiary/aromatic N) is 2. The molecular weight excluding hydrogens is 470 g/mol. The van der Waals surface area contributed by atoms with Crippen molar-refractivity contribution in [3.05, 3.63) is 65.1 Å². The Bertz CT molecular complexity index is 1110. The Hall–Kier alpha value is -3.07. The van der Waals surface area contributed by atoms with Crippen molar-refractivity contribution in [2.75, 3.05) is 47.1 Å². The Morgan fingerprint density at radius 2 is 1.86 bits per heavy atom. The number of oxazole rings is 1. The minimum absolute atomic E-state index is 0.0131. The molecule has 0 radical (unpaired) electrons. The van der Waals surface area contributed by atoms with Crippen LogP contribution in [0.15, 0.2) is 53.1 Å². The molecular formula is C26H30ClN3O5. The summed E-state index contributed by atoms with van der Waals surface area (Å²) in [5.74, 6) is 2.45. The molecule has 4 rings (SSSR count). The quantitative estimate of drug-likeness (QED) is 0.448. The topological polar surface area (TPSA) is 86.1 Å². The number of carbonyl (C=O) groups is 1. The minimum Gasteiger partial charge on any atom is -0.493 e. The molecule has 1 aliphatic rings. The molecule has 9 heteroatoms. The summed E-state index contributed by atoms with van der Waals surface area (Å²) in [5, 5.41) is 3.74. The summed E-state index contributed by atoms with van der Waals surface area (Å²) in [5.41, 5.74) is 1.94. The summed E-state index contributed by atoms with van der Waals surface area (Å²) in [7, 11) is 3.23. The first kappa shape index (κ1) is 25.0. The predicted octanol–water partition coefficient (Wildman–Crippen LogP) is 4.13. The van der Waals surface area contributed by atoms with Gasteiger partial charge in [0.1, 0.15) is 0 Å². The molecule has 0 aliphatic carbocycles. The molecule has 0 spiro atoms. The maximum Gasteiger partial charge on any atom is 0.220 e. The molecule has 2 aromatic carbocycles. The molecule has 1 unspecified atom stereocenters. The monoisotopic (exact) mass is 499 g/mol. The van der Waals surface area contributed by atoms with E-state index in [1.54, 1.807) is 32.5 Å². The van der Waals surface area contributed by atoms with Gasteiger partial charge in [-0.15, -0.1) is 0 Å². The van der Waals surface area contributed by atoms with Crippen molar-refractivity contribution in [3.63, 3.8) is 0 Å². The number of rotatable bonds is 10. The van der Waals surface area contributed by atoms with Crippen molar-refractivity contribution in [2.24, 2.45) is 0 Å². The van der Waals surface area contributed by atoms with Crippen LogP contribution in [0.2, 0.25) is 5.02 Å². The fourth-order valence-corrected chi connectivity index (χ4v) is 4.23. The van der Waals surface area contributed by atoms with Crippen LogP contribution in [-0.4, -0.2) is 62.9 Å². The van der Waals surface area contributed by atoms with Gasteiger partial charge < -0.3 is 23.9 Å². The van der Waals surface area contributed by atoms with E-state index in [-0.39, 0.29) is 18.4 Å². The molecule has 1 atom stereocenters. The van der Waals surface area contributed by atoms with Crippen LogP contribution in [0.1, 0.15) is 23.9 Å². The molecule has 8 nitrogen and oxygen atoms in total. The number of methoxy groups -OCH3 is 2. The predicted molar refractivity (Wildman–Crippen MR) is 133 cm³/mol. The molecule has 1 fully saturated rings. The smallest absolute Gasteiger partial charge is 0.220 e. The average Bonchev–Trinajstić information content (AvgIpc) is 3.37. The number of hydrogen-bond acceptors (Lipinski definition) is 7. The van der Waals surface area contributed by atoms with Crippen molar-refractivity contribution in [1.82, 2.24) is 15.2 Å². The third kappa shape index (κ3) is 6.54. The van der Waals surface area contributed by atoms with Crippen molar-refractivity contribution in [2.45, 2.75) is 18.9 Å². The Morgan fingerprint density at radius 3 is 2.57 bits per heavy atom. The summed E-state index contributed by atoms with van der Waals surface area (Å²) in [6, 6.07) is 13.2. The second kappa shape index (κ2) is 12.1. The zero-order chi connectivity index (χ0) is 24.6. The van der Waals surface area contributed by atoms with E-state index in [0.29, 0.717) is 54.4 Å². The van der Waals surface area contributed by atoms with Crippen LogP contribution in [0.4, 0.5) is 0 Å². The van der Waals surface area contributed by atoms with Crippen molar-refractivity contribution >= 4 is 17.5 Å². The highest BCUT2D eigenvalue weighted by atomic mass is 35.5. The number of carbonyl (C=O) groups excluding carboxylic acids is 1. The fourth-order valence-electron chi connectivity index (χ4n) is 4.10. The van der Waals surface area contributed by atoms with E-state index >= 15 is 0 Å². The Kier molecular flexibility index (Phi) is 8.63. The summed E-state index contributed by atoms with van der Waals surface area (Å²) >= 11 is 5.95. The van der Waals surface area contributed by atoms with Crippen LogP contribution in [0, 0.1) is 0 Å². The minimum atomic E-state index is -0.0602. The van der Waals surface area contributed by atoms with Crippen LogP contribution in [0.5, 0.6) is 11.5 Å². The normalized spacial score (nSPS) is 14.9. The van der Waals surface area contributed by atoms with Gasteiger partial charge in [0.2, 0.25) is 5.91 Å². The molecule has 0 bridgehead atoms. The van der Waals surface area contributed by atoms with Crippen molar-refractivity contribution < 1.29 is 23.4 Å². The number of nitrogens with one attached hydrogen (secondary N) is 1. The third-order valence-electron chi connectivity index (χ3n) is 6.02. The van der Waals surface area contributed by atoms with E-state index in [0.717, 1.165) is 24.2 Å². The van der Waals surface area contributed by atoms with Crippen LogP contribution >= 0.6 is 11.6 Å². The molecule has 186 valence electrons. The van der Waals surface area contributed by atoms with E-state index in [9.17, 15) is 4.79 Å². The number of halogens is 1. The largest absolute Gasteiger partial charge is 0.493 e. The number of amides is 1. The van der Waals surface area contributed by atoms with Crippen LogP contribution in [-0.2, 0) is 16.0 Å². The number of aromatic nitrogens is 1. The number of aryl methyl sites for hydroxylation is 1. The van der Waals surface area contributed by atoms with Gasteiger partial charge in [-0.25, -0.2) is 4.98 Å². The first-order valence-corrected chi connectivity index (χ1v) is 12.0. The summed E-state index contributed by atoms with van der Waals surface area (Å²) in [6.45, 7) is 3.38. The summed E-state index contributed by atoms with van der Waals surface area (Å²) in [6.07, 6.45) is 2.36. The van der Waals surface area contributed by atoms with Gasteiger partial charge >= 0.3 is 0 Å². The maximum absolute atomic E-state index is 12.7. The number of ether oxygens (including phenoxy) is 3. The molecule has 1 aromatic heterocycles. The second-order valence-electron chi connectivity index (χ2n) is 8.21. The highest BCUT2D eigenvalue weighted by molar-refractivity contribution is 6.30. The van der Waals surface area contributed by atoms with Gasteiger partial charge in [0.05, 0.1) is 39.7 Å². The molecule has 3 aromatic rings. The molecule has 1 saturated heterocycles. The zero-order valence-electron chi connectivity index (χ0n) is 20.0. The standard InChI is InChI=1S/C26H30ClN3O5/c1-32-22-8-5-19(15-23(22)33-2)21(30-11-13-34-14-12-30)16-28-25(31)9-10-26-29-17-24(35-26)18-3-6-20(27)7-4-18/h3-8,15,17,21H,9-14,16H2,1-2H3,(H,28,31). The Balaban J connectivity index is 1.37. The molecule has 2 heterocycles. The highest BCUT2D eigenvalue weighted by Crippen LogP contribution is 2.32. The Labute approximate surface area is 210 Å². The third-order valence-corrected chi connectivity index (χ3v) is 6.27. The Morgan fingerprint density at radius 1 is 1.11 bits per heavy atom. The molecule has 1 aliphatic heterocycles. The number of benzene rings is 2. The second-order valence-corrected chi connectivity index (χ2v) is 8.64. The maximum atomic E-state index is 12.7. The lowest BCUT2D eigenvalue weighted by molar-refractivity contribution is -0.121. The van der Waals surface area contributed by atoms with E-state index in [2.05, 4.69) is 15.2 Å². The SMILES string of the molecule is COc1ccc(C(CNC(=O)CCc2ncc(-c3ccc(Cl)cc3)o2)N2CCOCC2)cc1OC. The first-order valence-electron chi connectivity index (χ1n) is 11.6. The van der Waals surface area contributed by atoms with E-state index in [1.165, 1.54) is 0 Å². The number of morpholine rings is 1. The highest BCUT2D eigenvalue weighted by Gasteiger charge is 2.24. The molecule has 35 heavy (non-hydrogen) atoms. The molecule has 0 saturated carbocycles. The lowest BCUT2D eigenvalue weighted by Crippen LogP contribution is -2.43. The number of hydrogen-bond donors (Lipinski definition) is 1. The van der Waals surface area contributed by atoms with E-state index in [4.69, 9.17) is 30.2 Å². The van der Waals surface area contributed by atoms with Gasteiger partial charge in [-0.1, -0.05) is 17.7 Å². The molecule has 1 amide bonds. The van der Waals surface area contributed by atoms with Crippen molar-refractivity contribution in [3.8, 4) is 22.8 Å². The fraction of sp³-hybridized carbons (Fsp3) is 0.385. The van der Waals surface area contributed by atoms with Crippen LogP contribution in [0.25, 0.3) is 11.3 Å². The van der Waals surface area contributed by atoms with Crippen LogP contribution < -0.4 is 14.8 Å². The zero-order valence-corrected chi connectivity index (χ0v) is 20.7. The van der Waals surface area contributed by atoms with Crippen molar-refractivity contribution in [1.29, 1.82) is 0 Å². The lowest BCUT2D eigenvalue weighted by atomic mass is 10.0. The van der Waals surface area contributed by atoms with E-state index < -0.39 is 0 Å². The van der Waals surface area contributed by atoms with Gasteiger partial charge in [-0.2, -0.15) is 0 Å². The van der Waals surface area contributed by atoms with Crippen LogP contribution in [0.3, 0.4) is 0 Å². The summed E-state index contributed by atoms with van der Waals surface area (Å²) < 4.78 is 22.2. The first-order chi connectivity index (χ1) is 17.1. The average molecular weight is 500 g/mol.